The Morgan fingerprint density at radius 2 is 1.85 bits per heavy atom. The van der Waals surface area contributed by atoms with Gasteiger partial charge in [0.2, 0.25) is 5.91 Å². The Hall–Kier alpha value is -2.17. The predicted molar refractivity (Wildman–Crippen MR) is 109 cm³/mol. The molecule has 1 aliphatic carbocycles. The molecule has 142 valence electrons. The van der Waals surface area contributed by atoms with E-state index < -0.39 is 0 Å². The zero-order valence-corrected chi connectivity index (χ0v) is 16.2. The highest BCUT2D eigenvalue weighted by Gasteiger charge is 2.41. The highest BCUT2D eigenvalue weighted by molar-refractivity contribution is 5.82. The third-order valence-corrected chi connectivity index (χ3v) is 6.06. The lowest BCUT2D eigenvalue weighted by molar-refractivity contribution is -0.125. The van der Waals surface area contributed by atoms with Crippen LogP contribution in [0.1, 0.15) is 28.7 Å². The van der Waals surface area contributed by atoms with Crippen LogP contribution < -0.4 is 10.6 Å². The Labute approximate surface area is 162 Å². The summed E-state index contributed by atoms with van der Waals surface area (Å²) in [4.78, 5) is 15.0. The smallest absolute Gasteiger partial charge is 0.237 e. The molecule has 1 aliphatic heterocycles. The van der Waals surface area contributed by atoms with Gasteiger partial charge in [-0.15, -0.1) is 0 Å². The Morgan fingerprint density at radius 1 is 1.11 bits per heavy atom. The molecule has 0 radical (unpaired) electrons. The minimum absolute atomic E-state index is 0.0377. The summed E-state index contributed by atoms with van der Waals surface area (Å²) in [5.74, 6) is 0.144. The van der Waals surface area contributed by atoms with Gasteiger partial charge in [-0.3, -0.25) is 9.69 Å². The number of likely N-dealkylation sites (N-methyl/N-ethyl adjacent to an activating group) is 1. The predicted octanol–water partition coefficient (Wildman–Crippen LogP) is 2.44. The minimum Gasteiger partial charge on any atom is -0.358 e. The van der Waals surface area contributed by atoms with E-state index in [-0.39, 0.29) is 11.9 Å². The third kappa shape index (κ3) is 3.92. The van der Waals surface area contributed by atoms with Crippen LogP contribution >= 0.6 is 0 Å². The number of fused-ring (bicyclic) bond motifs is 1. The van der Waals surface area contributed by atoms with E-state index in [9.17, 15) is 4.79 Å². The van der Waals surface area contributed by atoms with Gasteiger partial charge >= 0.3 is 0 Å². The SMILES string of the molecule is CNC(=O)[C@@H]1C[C@H](NCc2cccc(C)c2)CN1C1Cc2ccccc2C1. The van der Waals surface area contributed by atoms with Crippen molar-refractivity contribution in [2.24, 2.45) is 0 Å². The van der Waals surface area contributed by atoms with Gasteiger partial charge < -0.3 is 10.6 Å². The Morgan fingerprint density at radius 3 is 2.52 bits per heavy atom. The van der Waals surface area contributed by atoms with Gasteiger partial charge in [0.05, 0.1) is 6.04 Å². The van der Waals surface area contributed by atoms with Crippen LogP contribution in [0.4, 0.5) is 0 Å². The van der Waals surface area contributed by atoms with Crippen LogP contribution in [0.25, 0.3) is 0 Å². The van der Waals surface area contributed by atoms with E-state index in [1.165, 1.54) is 22.3 Å². The molecule has 4 nitrogen and oxygen atoms in total. The molecule has 0 aromatic heterocycles. The van der Waals surface area contributed by atoms with E-state index in [0.717, 1.165) is 32.4 Å². The lowest BCUT2D eigenvalue weighted by Crippen LogP contribution is -2.47. The monoisotopic (exact) mass is 363 g/mol. The lowest BCUT2D eigenvalue weighted by atomic mass is 10.1. The Balaban J connectivity index is 1.44. The molecule has 27 heavy (non-hydrogen) atoms. The average molecular weight is 364 g/mol. The lowest BCUT2D eigenvalue weighted by Gasteiger charge is -2.29. The number of aryl methyl sites for hydroxylation is 1. The fraction of sp³-hybridized carbons (Fsp3) is 0.435. The first-order valence-electron chi connectivity index (χ1n) is 9.97. The molecule has 1 saturated heterocycles. The van der Waals surface area contributed by atoms with Crippen molar-refractivity contribution in [3.05, 3.63) is 70.8 Å². The van der Waals surface area contributed by atoms with E-state index in [2.05, 4.69) is 71.0 Å². The van der Waals surface area contributed by atoms with Gasteiger partial charge in [-0.1, -0.05) is 54.1 Å². The topological polar surface area (TPSA) is 44.4 Å². The molecule has 1 fully saturated rings. The summed E-state index contributed by atoms with van der Waals surface area (Å²) in [6.45, 7) is 3.91. The van der Waals surface area contributed by atoms with Crippen LogP contribution in [-0.2, 0) is 24.2 Å². The maximum absolute atomic E-state index is 12.5. The van der Waals surface area contributed by atoms with E-state index in [4.69, 9.17) is 0 Å². The number of hydrogen-bond acceptors (Lipinski definition) is 3. The van der Waals surface area contributed by atoms with Crippen molar-refractivity contribution in [3.63, 3.8) is 0 Å². The van der Waals surface area contributed by atoms with Crippen molar-refractivity contribution in [2.75, 3.05) is 13.6 Å². The Bertz CT molecular complexity index is 794. The van der Waals surface area contributed by atoms with Gasteiger partial charge in [0, 0.05) is 32.2 Å². The average Bonchev–Trinajstić information content (AvgIpc) is 3.29. The van der Waals surface area contributed by atoms with Gasteiger partial charge in [0.15, 0.2) is 0 Å². The number of likely N-dealkylation sites (tertiary alicyclic amines) is 1. The molecule has 1 heterocycles. The number of rotatable bonds is 5. The highest BCUT2D eigenvalue weighted by Crippen LogP contribution is 2.30. The summed E-state index contributed by atoms with van der Waals surface area (Å²) in [7, 11) is 1.75. The van der Waals surface area contributed by atoms with Crippen molar-refractivity contribution in [1.82, 2.24) is 15.5 Å². The standard InChI is InChI=1S/C23H29N3O/c1-16-6-5-7-17(10-16)14-25-20-13-22(23(27)24-2)26(15-20)21-11-18-8-3-4-9-19(18)12-21/h3-10,20-22,25H,11-15H2,1-2H3,(H,24,27)/t20-,22-/m0/s1. The number of amides is 1. The molecule has 2 N–H and O–H groups in total. The largest absolute Gasteiger partial charge is 0.358 e. The third-order valence-electron chi connectivity index (χ3n) is 6.06. The quantitative estimate of drug-likeness (QED) is 0.858. The summed E-state index contributed by atoms with van der Waals surface area (Å²) >= 11 is 0. The summed E-state index contributed by atoms with van der Waals surface area (Å²) in [6.07, 6.45) is 2.97. The van der Waals surface area contributed by atoms with Crippen LogP contribution in [0.2, 0.25) is 0 Å². The molecule has 0 spiro atoms. The second-order valence-corrected chi connectivity index (χ2v) is 7.96. The number of carbonyl (C=O) groups excluding carboxylic acids is 1. The first-order valence-corrected chi connectivity index (χ1v) is 9.97. The number of nitrogens with one attached hydrogen (secondary N) is 2. The van der Waals surface area contributed by atoms with Crippen LogP contribution in [0, 0.1) is 6.92 Å². The summed E-state index contributed by atoms with van der Waals surface area (Å²) in [5, 5.41) is 6.56. The number of nitrogens with zero attached hydrogens (tertiary/aromatic N) is 1. The van der Waals surface area contributed by atoms with Gasteiger partial charge in [0.1, 0.15) is 0 Å². The zero-order valence-electron chi connectivity index (χ0n) is 16.2. The molecule has 0 bridgehead atoms. The number of benzene rings is 2. The maximum Gasteiger partial charge on any atom is 0.237 e. The number of hydrogen-bond donors (Lipinski definition) is 2. The van der Waals surface area contributed by atoms with Crippen LogP contribution in [0.3, 0.4) is 0 Å². The molecule has 1 amide bonds. The van der Waals surface area contributed by atoms with Crippen molar-refractivity contribution < 1.29 is 4.79 Å². The van der Waals surface area contributed by atoms with E-state index in [0.29, 0.717) is 12.1 Å². The first-order chi connectivity index (χ1) is 13.1. The van der Waals surface area contributed by atoms with Crippen molar-refractivity contribution >= 4 is 5.91 Å². The van der Waals surface area contributed by atoms with E-state index >= 15 is 0 Å². The molecule has 2 atom stereocenters. The fourth-order valence-electron chi connectivity index (χ4n) is 4.69. The molecule has 0 saturated carbocycles. The van der Waals surface area contributed by atoms with Gasteiger partial charge in [-0.25, -0.2) is 0 Å². The molecule has 4 heteroatoms. The van der Waals surface area contributed by atoms with Crippen LogP contribution in [0.15, 0.2) is 48.5 Å². The van der Waals surface area contributed by atoms with Gasteiger partial charge in [-0.2, -0.15) is 0 Å². The highest BCUT2D eigenvalue weighted by atomic mass is 16.2. The molecule has 0 unspecified atom stereocenters. The Kier molecular flexibility index (Phi) is 5.28. The molecule has 2 aromatic carbocycles. The minimum atomic E-state index is -0.0377. The fourth-order valence-corrected chi connectivity index (χ4v) is 4.69. The van der Waals surface area contributed by atoms with Crippen molar-refractivity contribution in [3.8, 4) is 0 Å². The summed E-state index contributed by atoms with van der Waals surface area (Å²) < 4.78 is 0. The molecular formula is C23H29N3O. The number of carbonyl (C=O) groups is 1. The molecule has 4 rings (SSSR count). The van der Waals surface area contributed by atoms with E-state index in [1.807, 2.05) is 0 Å². The molecule has 2 aliphatic rings. The second kappa shape index (κ2) is 7.83. The second-order valence-electron chi connectivity index (χ2n) is 7.96. The van der Waals surface area contributed by atoms with E-state index in [1.54, 1.807) is 7.05 Å². The molecular weight excluding hydrogens is 334 g/mol. The summed E-state index contributed by atoms with van der Waals surface area (Å²) in [6, 6.07) is 18.1. The molecule has 2 aromatic rings. The zero-order chi connectivity index (χ0) is 18.8. The normalized spacial score (nSPS) is 22.7. The van der Waals surface area contributed by atoms with Crippen molar-refractivity contribution in [2.45, 2.75) is 50.9 Å². The first kappa shape index (κ1) is 18.2. The van der Waals surface area contributed by atoms with Crippen LogP contribution in [-0.4, -0.2) is 42.5 Å². The maximum atomic E-state index is 12.5. The van der Waals surface area contributed by atoms with Crippen molar-refractivity contribution in [1.29, 1.82) is 0 Å². The van der Waals surface area contributed by atoms with Gasteiger partial charge in [-0.05, 0) is 42.9 Å². The van der Waals surface area contributed by atoms with Gasteiger partial charge in [0.25, 0.3) is 0 Å². The van der Waals surface area contributed by atoms with Crippen LogP contribution in [0.5, 0.6) is 0 Å². The summed E-state index contributed by atoms with van der Waals surface area (Å²) in [5.41, 5.74) is 5.47.